The Morgan fingerprint density at radius 3 is 2.71 bits per heavy atom. The molecule has 0 aromatic heterocycles. The number of nitrogens with one attached hydrogen (secondary N) is 1. The maximum absolute atomic E-state index is 12.7. The zero-order chi connectivity index (χ0) is 20.3. The Labute approximate surface area is 175 Å². The normalized spacial score (nSPS) is 16.8. The van der Waals surface area contributed by atoms with Gasteiger partial charge in [0, 0.05) is 17.7 Å². The number of ether oxygens (including phenoxy) is 2. The summed E-state index contributed by atoms with van der Waals surface area (Å²) in [6.45, 7) is 2.96. The third kappa shape index (κ3) is 4.37. The lowest BCUT2D eigenvalue weighted by Crippen LogP contribution is -2.33. The molecule has 1 atom stereocenters. The average molecular weight is 423 g/mol. The molecule has 0 spiro atoms. The van der Waals surface area contributed by atoms with E-state index < -0.39 is 0 Å². The molecule has 5 nitrogen and oxygen atoms in total. The first-order valence-electron chi connectivity index (χ1n) is 9.15. The Bertz CT molecular complexity index is 873. The summed E-state index contributed by atoms with van der Waals surface area (Å²) in [5, 5.41) is 3.77. The van der Waals surface area contributed by atoms with Crippen molar-refractivity contribution in [1.82, 2.24) is 4.90 Å². The monoisotopic (exact) mass is 422 g/mol. The molecule has 2 aromatic rings. The van der Waals surface area contributed by atoms with E-state index in [9.17, 15) is 4.79 Å². The highest BCUT2D eigenvalue weighted by Gasteiger charge is 2.30. The standard InChI is InChI=1S/C21H24Cl2N2O3/c1-13-6-9-16(22)21(20(13)23)24-19(26)12-25-10-4-5-17(25)15-8-7-14(27-2)11-18(15)28-3/h6-9,11,17H,4-5,10,12H2,1-3H3,(H,24,26)/t17-/m0/s1. The van der Waals surface area contributed by atoms with Gasteiger partial charge in [-0.15, -0.1) is 0 Å². The summed E-state index contributed by atoms with van der Waals surface area (Å²) in [7, 11) is 3.27. The van der Waals surface area contributed by atoms with Crippen molar-refractivity contribution >= 4 is 34.8 Å². The number of benzene rings is 2. The second kappa shape index (κ2) is 9.03. The molecule has 1 N–H and O–H groups in total. The second-order valence-electron chi connectivity index (χ2n) is 6.84. The molecule has 2 aromatic carbocycles. The van der Waals surface area contributed by atoms with Gasteiger partial charge in [-0.05, 0) is 44.0 Å². The topological polar surface area (TPSA) is 50.8 Å². The Balaban J connectivity index is 1.76. The highest BCUT2D eigenvalue weighted by atomic mass is 35.5. The SMILES string of the molecule is COc1ccc([C@@H]2CCCN2CC(=O)Nc2c(Cl)ccc(C)c2Cl)c(OC)c1. The van der Waals surface area contributed by atoms with Crippen molar-refractivity contribution in [2.75, 3.05) is 32.6 Å². The van der Waals surface area contributed by atoms with Crippen LogP contribution in [0.3, 0.4) is 0 Å². The quantitative estimate of drug-likeness (QED) is 0.703. The number of anilines is 1. The molecule has 0 radical (unpaired) electrons. The van der Waals surface area contributed by atoms with Crippen LogP contribution in [0.1, 0.15) is 30.0 Å². The molecule has 1 fully saturated rings. The largest absolute Gasteiger partial charge is 0.497 e. The van der Waals surface area contributed by atoms with Gasteiger partial charge >= 0.3 is 0 Å². The van der Waals surface area contributed by atoms with E-state index in [1.165, 1.54) is 0 Å². The Kier molecular flexibility index (Phi) is 6.70. The van der Waals surface area contributed by atoms with Crippen molar-refractivity contribution in [3.05, 3.63) is 51.5 Å². The van der Waals surface area contributed by atoms with E-state index >= 15 is 0 Å². The minimum atomic E-state index is -0.145. The van der Waals surface area contributed by atoms with E-state index in [1.54, 1.807) is 20.3 Å². The van der Waals surface area contributed by atoms with Crippen LogP contribution >= 0.6 is 23.2 Å². The van der Waals surface area contributed by atoms with E-state index in [0.29, 0.717) is 15.7 Å². The molecule has 1 aliphatic heterocycles. The number of nitrogens with zero attached hydrogens (tertiary/aromatic N) is 1. The predicted molar refractivity (Wildman–Crippen MR) is 113 cm³/mol. The number of aryl methyl sites for hydroxylation is 1. The number of carbonyl (C=O) groups excluding carboxylic acids is 1. The highest BCUT2D eigenvalue weighted by molar-refractivity contribution is 6.40. The van der Waals surface area contributed by atoms with E-state index in [0.717, 1.165) is 42.0 Å². The fourth-order valence-corrected chi connectivity index (χ4v) is 4.06. The smallest absolute Gasteiger partial charge is 0.238 e. The summed E-state index contributed by atoms with van der Waals surface area (Å²) < 4.78 is 10.8. The first kappa shape index (κ1) is 20.8. The molecular formula is C21H24Cl2N2O3. The molecule has 0 unspecified atom stereocenters. The molecule has 150 valence electrons. The molecule has 1 amide bonds. The molecule has 0 saturated carbocycles. The Hall–Kier alpha value is -1.95. The summed E-state index contributed by atoms with van der Waals surface area (Å²) in [6, 6.07) is 9.47. The van der Waals surface area contributed by atoms with Gasteiger partial charge in [0.1, 0.15) is 11.5 Å². The van der Waals surface area contributed by atoms with Crippen LogP contribution in [0, 0.1) is 6.92 Å². The van der Waals surface area contributed by atoms with Crippen LogP contribution in [0.2, 0.25) is 10.0 Å². The molecule has 1 saturated heterocycles. The molecule has 0 aliphatic carbocycles. The lowest BCUT2D eigenvalue weighted by Gasteiger charge is -2.26. The van der Waals surface area contributed by atoms with E-state index in [1.807, 2.05) is 31.2 Å². The van der Waals surface area contributed by atoms with Gasteiger partial charge in [-0.3, -0.25) is 9.69 Å². The van der Waals surface area contributed by atoms with Crippen LogP contribution in [-0.4, -0.2) is 38.1 Å². The van der Waals surface area contributed by atoms with E-state index in [2.05, 4.69) is 10.2 Å². The summed E-state index contributed by atoms with van der Waals surface area (Å²) in [6.07, 6.45) is 1.97. The summed E-state index contributed by atoms with van der Waals surface area (Å²) in [5.74, 6) is 1.36. The number of hydrogen-bond acceptors (Lipinski definition) is 4. The first-order valence-corrected chi connectivity index (χ1v) is 9.90. The van der Waals surface area contributed by atoms with Crippen LogP contribution in [-0.2, 0) is 4.79 Å². The molecule has 3 rings (SSSR count). The zero-order valence-corrected chi connectivity index (χ0v) is 17.7. The number of carbonyl (C=O) groups is 1. The Morgan fingerprint density at radius 1 is 1.21 bits per heavy atom. The maximum Gasteiger partial charge on any atom is 0.238 e. The number of hydrogen-bond donors (Lipinski definition) is 1. The van der Waals surface area contributed by atoms with Crippen LogP contribution in [0.5, 0.6) is 11.5 Å². The van der Waals surface area contributed by atoms with Crippen LogP contribution in [0.25, 0.3) is 0 Å². The number of halogens is 2. The van der Waals surface area contributed by atoms with Crippen LogP contribution < -0.4 is 14.8 Å². The van der Waals surface area contributed by atoms with Gasteiger partial charge in [0.15, 0.2) is 0 Å². The number of methoxy groups -OCH3 is 2. The lowest BCUT2D eigenvalue weighted by atomic mass is 10.0. The van der Waals surface area contributed by atoms with E-state index in [-0.39, 0.29) is 18.5 Å². The summed E-state index contributed by atoms with van der Waals surface area (Å²) >= 11 is 12.5. The lowest BCUT2D eigenvalue weighted by molar-refractivity contribution is -0.117. The van der Waals surface area contributed by atoms with Gasteiger partial charge in [0.05, 0.1) is 36.5 Å². The van der Waals surface area contributed by atoms with Crippen molar-refractivity contribution in [3.8, 4) is 11.5 Å². The van der Waals surface area contributed by atoms with Gasteiger partial charge in [-0.2, -0.15) is 0 Å². The second-order valence-corrected chi connectivity index (χ2v) is 7.62. The molecule has 1 aliphatic rings. The molecule has 0 bridgehead atoms. The van der Waals surface area contributed by atoms with Gasteiger partial charge in [-0.25, -0.2) is 0 Å². The van der Waals surface area contributed by atoms with Gasteiger partial charge in [-0.1, -0.05) is 35.3 Å². The van der Waals surface area contributed by atoms with Gasteiger partial charge in [0.2, 0.25) is 5.91 Å². The van der Waals surface area contributed by atoms with Crippen molar-refractivity contribution < 1.29 is 14.3 Å². The molecular weight excluding hydrogens is 399 g/mol. The van der Waals surface area contributed by atoms with E-state index in [4.69, 9.17) is 32.7 Å². The van der Waals surface area contributed by atoms with Crippen LogP contribution in [0.4, 0.5) is 5.69 Å². The number of amides is 1. The molecule has 7 heteroatoms. The predicted octanol–water partition coefficient (Wildman–Crippen LogP) is 5.09. The van der Waals surface area contributed by atoms with Crippen molar-refractivity contribution in [1.29, 1.82) is 0 Å². The first-order chi connectivity index (χ1) is 13.4. The minimum absolute atomic E-state index is 0.107. The van der Waals surface area contributed by atoms with Gasteiger partial charge in [0.25, 0.3) is 0 Å². The molecule has 28 heavy (non-hydrogen) atoms. The average Bonchev–Trinajstić information content (AvgIpc) is 3.15. The third-order valence-electron chi connectivity index (χ3n) is 5.06. The van der Waals surface area contributed by atoms with Crippen molar-refractivity contribution in [2.45, 2.75) is 25.8 Å². The Morgan fingerprint density at radius 2 is 2.00 bits per heavy atom. The molecule has 1 heterocycles. The zero-order valence-electron chi connectivity index (χ0n) is 16.2. The summed E-state index contributed by atoms with van der Waals surface area (Å²) in [4.78, 5) is 14.8. The van der Waals surface area contributed by atoms with Crippen molar-refractivity contribution in [2.24, 2.45) is 0 Å². The fourth-order valence-electron chi connectivity index (χ4n) is 3.60. The van der Waals surface area contributed by atoms with Crippen LogP contribution in [0.15, 0.2) is 30.3 Å². The van der Waals surface area contributed by atoms with Crippen molar-refractivity contribution in [3.63, 3.8) is 0 Å². The highest BCUT2D eigenvalue weighted by Crippen LogP contribution is 2.39. The van der Waals surface area contributed by atoms with Gasteiger partial charge < -0.3 is 14.8 Å². The maximum atomic E-state index is 12.7. The summed E-state index contributed by atoms with van der Waals surface area (Å²) in [5.41, 5.74) is 2.38. The third-order valence-corrected chi connectivity index (χ3v) is 5.86. The fraction of sp³-hybridized carbons (Fsp3) is 0.381. The minimum Gasteiger partial charge on any atom is -0.497 e. The number of rotatable bonds is 6. The number of likely N-dealkylation sites (tertiary alicyclic amines) is 1.